The van der Waals surface area contributed by atoms with Gasteiger partial charge in [-0.25, -0.2) is 0 Å². The van der Waals surface area contributed by atoms with Crippen molar-refractivity contribution in [3.63, 3.8) is 0 Å². The van der Waals surface area contributed by atoms with Crippen LogP contribution in [0.15, 0.2) is 12.2 Å². The molecule has 0 aromatic rings. The summed E-state index contributed by atoms with van der Waals surface area (Å²) in [6.07, 6.45) is 0.625. The molecule has 0 spiro atoms. The zero-order chi connectivity index (χ0) is 18.5. The van der Waals surface area contributed by atoms with E-state index in [4.69, 9.17) is 18.9 Å². The summed E-state index contributed by atoms with van der Waals surface area (Å²) in [7, 11) is 0. The van der Waals surface area contributed by atoms with Gasteiger partial charge in [-0.1, -0.05) is 26.0 Å². The van der Waals surface area contributed by atoms with Gasteiger partial charge in [0.05, 0.1) is 12.2 Å². The highest BCUT2D eigenvalue weighted by Gasteiger charge is 2.26. The van der Waals surface area contributed by atoms with Gasteiger partial charge < -0.3 is 29.2 Å². The molecule has 2 N–H and O–H groups in total. The molecule has 0 amide bonds. The fraction of sp³-hybridized carbons (Fsp3) is 0.889. The van der Waals surface area contributed by atoms with E-state index >= 15 is 0 Å². The lowest BCUT2D eigenvalue weighted by molar-refractivity contribution is -0.179. The lowest BCUT2D eigenvalue weighted by Gasteiger charge is -2.27. The van der Waals surface area contributed by atoms with Gasteiger partial charge in [-0.3, -0.25) is 0 Å². The van der Waals surface area contributed by atoms with Gasteiger partial charge in [-0.05, 0) is 27.7 Å². The number of hydrogen-bond donors (Lipinski definition) is 2. The molecule has 4 unspecified atom stereocenters. The minimum atomic E-state index is -0.785. The Balaban J connectivity index is 4.71. The summed E-state index contributed by atoms with van der Waals surface area (Å²) in [6, 6.07) is 0. The van der Waals surface area contributed by atoms with E-state index in [9.17, 15) is 10.2 Å². The summed E-state index contributed by atoms with van der Waals surface area (Å²) < 4.78 is 22.0. The first kappa shape index (κ1) is 23.5. The number of rotatable bonds is 14. The zero-order valence-corrected chi connectivity index (χ0v) is 16.0. The van der Waals surface area contributed by atoms with Crippen LogP contribution in [0.1, 0.15) is 41.5 Å². The molecule has 0 aromatic carbocycles. The molecule has 0 fully saturated rings. The van der Waals surface area contributed by atoms with E-state index in [-0.39, 0.29) is 11.8 Å². The molecule has 144 valence electrons. The third kappa shape index (κ3) is 8.55. The molecule has 24 heavy (non-hydrogen) atoms. The van der Waals surface area contributed by atoms with E-state index < -0.39 is 24.8 Å². The Morgan fingerprint density at radius 1 is 0.625 bits per heavy atom. The molecule has 0 aliphatic carbocycles. The lowest BCUT2D eigenvalue weighted by atomic mass is 9.99. The van der Waals surface area contributed by atoms with E-state index in [1.165, 1.54) is 0 Å². The minimum absolute atomic E-state index is 0.252. The van der Waals surface area contributed by atoms with Crippen molar-refractivity contribution in [2.45, 2.75) is 66.3 Å². The van der Waals surface area contributed by atoms with Crippen LogP contribution >= 0.6 is 0 Å². The van der Waals surface area contributed by atoms with Gasteiger partial charge in [0, 0.05) is 38.3 Å². The van der Waals surface area contributed by atoms with Crippen LogP contribution in [0.5, 0.6) is 0 Å². The number of hydrogen-bond acceptors (Lipinski definition) is 6. The molecule has 0 radical (unpaired) electrons. The van der Waals surface area contributed by atoms with Crippen molar-refractivity contribution >= 4 is 0 Å². The smallest absolute Gasteiger partial charge is 0.162 e. The summed E-state index contributed by atoms with van der Waals surface area (Å²) in [4.78, 5) is 0. The monoisotopic (exact) mass is 348 g/mol. The first-order valence-corrected chi connectivity index (χ1v) is 8.93. The fourth-order valence-corrected chi connectivity index (χ4v) is 2.26. The Morgan fingerprint density at radius 3 is 1.08 bits per heavy atom. The van der Waals surface area contributed by atoms with Crippen LogP contribution in [-0.4, -0.2) is 61.4 Å². The van der Waals surface area contributed by atoms with Crippen LogP contribution < -0.4 is 0 Å². The summed E-state index contributed by atoms with van der Waals surface area (Å²) in [5, 5.41) is 20.6. The van der Waals surface area contributed by atoms with Gasteiger partial charge in [-0.2, -0.15) is 0 Å². The van der Waals surface area contributed by atoms with Gasteiger partial charge in [0.2, 0.25) is 0 Å². The highest BCUT2D eigenvalue weighted by Crippen LogP contribution is 2.18. The predicted octanol–water partition coefficient (Wildman–Crippen LogP) is 2.33. The molecule has 0 aliphatic rings. The van der Waals surface area contributed by atoms with Crippen molar-refractivity contribution in [1.29, 1.82) is 0 Å². The van der Waals surface area contributed by atoms with E-state index in [0.29, 0.717) is 26.4 Å². The Labute approximate surface area is 146 Å². The number of aliphatic hydroxyl groups is 2. The molecule has 0 bridgehead atoms. The van der Waals surface area contributed by atoms with Gasteiger partial charge in [0.15, 0.2) is 12.6 Å². The molecule has 0 saturated carbocycles. The predicted molar refractivity (Wildman–Crippen MR) is 93.6 cm³/mol. The van der Waals surface area contributed by atoms with Crippen molar-refractivity contribution in [3.8, 4) is 0 Å². The van der Waals surface area contributed by atoms with Crippen LogP contribution in [0.4, 0.5) is 0 Å². The second-order valence-corrected chi connectivity index (χ2v) is 5.64. The third-order valence-electron chi connectivity index (χ3n) is 3.77. The molecular formula is C18H36O6. The maximum Gasteiger partial charge on any atom is 0.162 e. The maximum absolute atomic E-state index is 10.3. The molecule has 0 saturated heterocycles. The minimum Gasteiger partial charge on any atom is -0.389 e. The molecule has 0 aromatic heterocycles. The first-order valence-electron chi connectivity index (χ1n) is 8.93. The topological polar surface area (TPSA) is 77.4 Å². The molecule has 0 rings (SSSR count). The Kier molecular flexibility index (Phi) is 13.5. The van der Waals surface area contributed by atoms with Gasteiger partial charge in [0.25, 0.3) is 0 Å². The fourth-order valence-electron chi connectivity index (χ4n) is 2.26. The third-order valence-corrected chi connectivity index (χ3v) is 3.77. The van der Waals surface area contributed by atoms with Crippen molar-refractivity contribution in [2.75, 3.05) is 26.4 Å². The highest BCUT2D eigenvalue weighted by atomic mass is 16.7. The summed E-state index contributed by atoms with van der Waals surface area (Å²) in [5.41, 5.74) is 0. The zero-order valence-electron chi connectivity index (χ0n) is 16.0. The Hall–Kier alpha value is -0.500. The molecular weight excluding hydrogens is 312 g/mol. The number of ether oxygens (including phenoxy) is 4. The summed E-state index contributed by atoms with van der Waals surface area (Å²) in [5.74, 6) is -0.503. The van der Waals surface area contributed by atoms with Gasteiger partial charge in [0.1, 0.15) is 0 Å². The second-order valence-electron chi connectivity index (χ2n) is 5.64. The molecule has 0 aliphatic heterocycles. The normalized spacial score (nSPS) is 17.6. The SMILES string of the molecule is CCOC(OCC)C(C)C(O)C=CC(O)C(C)C(OCC)OCC. The standard InChI is InChI=1S/C18H36O6/c1-7-21-17(22-8-2)13(5)15(19)11-12-16(20)14(6)18(23-9-3)24-10-4/h11-20H,7-10H2,1-6H3. The highest BCUT2D eigenvalue weighted by molar-refractivity contribution is 4.98. The van der Waals surface area contributed by atoms with Crippen molar-refractivity contribution in [3.05, 3.63) is 12.2 Å². The lowest BCUT2D eigenvalue weighted by Crippen LogP contribution is -2.35. The second kappa shape index (κ2) is 13.8. The van der Waals surface area contributed by atoms with Gasteiger partial charge in [-0.15, -0.1) is 0 Å². The van der Waals surface area contributed by atoms with Crippen LogP contribution in [0.3, 0.4) is 0 Å². The molecule has 4 atom stereocenters. The van der Waals surface area contributed by atoms with Crippen LogP contribution in [0, 0.1) is 11.8 Å². The van der Waals surface area contributed by atoms with Crippen molar-refractivity contribution in [1.82, 2.24) is 0 Å². The Bertz CT molecular complexity index is 281. The average Bonchev–Trinajstić information content (AvgIpc) is 2.57. The van der Waals surface area contributed by atoms with Crippen LogP contribution in [-0.2, 0) is 18.9 Å². The summed E-state index contributed by atoms with van der Waals surface area (Å²) in [6.45, 7) is 13.3. The quantitative estimate of drug-likeness (QED) is 0.371. The van der Waals surface area contributed by atoms with E-state index in [1.54, 1.807) is 12.2 Å². The van der Waals surface area contributed by atoms with E-state index in [2.05, 4.69) is 0 Å². The van der Waals surface area contributed by atoms with Crippen molar-refractivity contribution in [2.24, 2.45) is 11.8 Å². The molecule has 6 nitrogen and oxygen atoms in total. The average molecular weight is 348 g/mol. The van der Waals surface area contributed by atoms with Crippen LogP contribution in [0.2, 0.25) is 0 Å². The van der Waals surface area contributed by atoms with E-state index in [0.717, 1.165) is 0 Å². The van der Waals surface area contributed by atoms with Crippen molar-refractivity contribution < 1.29 is 29.2 Å². The molecule has 0 heterocycles. The number of aliphatic hydroxyl groups excluding tert-OH is 2. The Morgan fingerprint density at radius 2 is 0.875 bits per heavy atom. The molecule has 6 heteroatoms. The largest absolute Gasteiger partial charge is 0.389 e. The van der Waals surface area contributed by atoms with Gasteiger partial charge >= 0.3 is 0 Å². The summed E-state index contributed by atoms with van der Waals surface area (Å²) >= 11 is 0. The van der Waals surface area contributed by atoms with Crippen LogP contribution in [0.25, 0.3) is 0 Å². The maximum atomic E-state index is 10.3. The van der Waals surface area contributed by atoms with E-state index in [1.807, 2.05) is 41.5 Å². The first-order chi connectivity index (χ1) is 11.4.